The molecule has 0 fully saturated rings. The minimum Gasteiger partial charge on any atom is -0.309 e. The van der Waals surface area contributed by atoms with Gasteiger partial charge < -0.3 is 9.13 Å². The fourth-order valence-corrected chi connectivity index (χ4v) is 12.8. The number of fused-ring (bicyclic) bond motifs is 14. The lowest BCUT2D eigenvalue weighted by Crippen LogP contribution is -2.10. The van der Waals surface area contributed by atoms with E-state index in [0.29, 0.717) is 0 Å². The number of hydrogen-bond acceptors (Lipinski definition) is 2. The zero-order valence-electron chi connectivity index (χ0n) is 33.6. The highest BCUT2D eigenvalue weighted by molar-refractivity contribution is 7.26. The van der Waals surface area contributed by atoms with Gasteiger partial charge in [0.1, 0.15) is 11.6 Å². The van der Waals surface area contributed by atoms with Crippen molar-refractivity contribution in [1.82, 2.24) is 9.13 Å². The average Bonchev–Trinajstić information content (AvgIpc) is 4.04. The molecule has 2 nitrogen and oxygen atoms in total. The fraction of sp³-hybridized carbons (Fsp3) is 0.0357. The maximum absolute atomic E-state index is 15.8. The lowest BCUT2D eigenvalue weighted by Gasteiger charge is -2.27. The molecule has 13 aromatic rings. The van der Waals surface area contributed by atoms with Crippen LogP contribution in [0.15, 0.2) is 170 Å². The number of thiophene rings is 2. The van der Waals surface area contributed by atoms with Crippen LogP contribution in [0.4, 0.5) is 8.78 Å². The normalized spacial score (nSPS) is 12.2. The zero-order chi connectivity index (χ0) is 41.4. The van der Waals surface area contributed by atoms with E-state index in [2.05, 4.69) is 144 Å². The summed E-state index contributed by atoms with van der Waals surface area (Å²) in [5.74, 6) is -0.640. The van der Waals surface area contributed by atoms with Gasteiger partial charge in [-0.05, 0) is 109 Å². The third-order valence-corrected chi connectivity index (χ3v) is 15.2. The SMILES string of the molecule is Cc1c(-c2cccc(F)c2)c(-n2c3ccccc3c3c4c(ccc32)sc2ccccc24)c(-c2cccc(F)c2)c(C)c1-n1c2ccccc2c2c3c(ccc21)sc1ccccc13. The highest BCUT2D eigenvalue weighted by Gasteiger charge is 2.30. The Morgan fingerprint density at radius 2 is 0.774 bits per heavy atom. The molecule has 0 atom stereocenters. The minimum atomic E-state index is -0.320. The molecule has 0 amide bonds. The summed E-state index contributed by atoms with van der Waals surface area (Å²) in [6.07, 6.45) is 0. The molecule has 0 aliphatic heterocycles. The van der Waals surface area contributed by atoms with Crippen molar-refractivity contribution in [3.05, 3.63) is 193 Å². The van der Waals surface area contributed by atoms with Gasteiger partial charge in [0, 0.05) is 73.0 Å². The topological polar surface area (TPSA) is 9.86 Å². The number of aromatic nitrogens is 2. The third kappa shape index (κ3) is 4.87. The van der Waals surface area contributed by atoms with Gasteiger partial charge in [-0.2, -0.15) is 0 Å². The Kier molecular flexibility index (Phi) is 7.58. The van der Waals surface area contributed by atoms with Crippen LogP contribution in [-0.4, -0.2) is 9.13 Å². The first-order valence-corrected chi connectivity index (χ1v) is 22.4. The number of nitrogens with zero attached hydrogens (tertiary/aromatic N) is 2. The van der Waals surface area contributed by atoms with Crippen LogP contribution in [0.1, 0.15) is 11.1 Å². The molecule has 0 N–H and O–H groups in total. The predicted molar refractivity (Wildman–Crippen MR) is 261 cm³/mol. The molecule has 0 radical (unpaired) electrons. The van der Waals surface area contributed by atoms with Crippen LogP contribution >= 0.6 is 22.7 Å². The van der Waals surface area contributed by atoms with Crippen LogP contribution in [0.3, 0.4) is 0 Å². The summed E-state index contributed by atoms with van der Waals surface area (Å²) < 4.78 is 41.3. The smallest absolute Gasteiger partial charge is 0.123 e. The number of benzene rings is 9. The summed E-state index contributed by atoms with van der Waals surface area (Å²) in [5, 5.41) is 9.59. The molecule has 4 heterocycles. The summed E-state index contributed by atoms with van der Waals surface area (Å²) in [7, 11) is 0. The minimum absolute atomic E-state index is 0.320. The molecule has 0 aliphatic rings. The van der Waals surface area contributed by atoms with Gasteiger partial charge in [0.15, 0.2) is 0 Å². The summed E-state index contributed by atoms with van der Waals surface area (Å²) in [6, 6.07) is 57.4. The standard InChI is InChI=1S/C56H34F2N2S2/c1-31-49(33-13-11-15-35(57)29-33)56(60-42-22-8-4-18-38(42)52-44(60)26-28-48-54(52)40-20-6-10-24-46(40)62-48)50(34-14-12-16-36(58)30-34)32(2)55(31)59-41-21-7-3-17-37(41)51-43(59)25-27-47-53(51)39-19-5-9-23-45(39)61-47/h3-30H,1-2H3. The summed E-state index contributed by atoms with van der Waals surface area (Å²) in [6.45, 7) is 4.36. The highest BCUT2D eigenvalue weighted by atomic mass is 32.1. The first kappa shape index (κ1) is 35.6. The molecule has 0 unspecified atom stereocenters. The van der Waals surface area contributed by atoms with Crippen molar-refractivity contribution in [2.45, 2.75) is 13.8 Å². The quantitative estimate of drug-likeness (QED) is 0.167. The molecule has 294 valence electrons. The lowest BCUT2D eigenvalue weighted by molar-refractivity contribution is 0.628. The van der Waals surface area contributed by atoms with Crippen molar-refractivity contribution >= 4 is 107 Å². The molecule has 0 spiro atoms. The Balaban J connectivity index is 1.26. The second-order valence-corrected chi connectivity index (χ2v) is 18.5. The summed E-state index contributed by atoms with van der Waals surface area (Å²) in [4.78, 5) is 0. The molecule has 6 heteroatoms. The van der Waals surface area contributed by atoms with Gasteiger partial charge in [0.05, 0.1) is 33.4 Å². The molecule has 0 aliphatic carbocycles. The Morgan fingerprint density at radius 3 is 1.24 bits per heavy atom. The zero-order valence-corrected chi connectivity index (χ0v) is 35.3. The van der Waals surface area contributed by atoms with Crippen molar-refractivity contribution in [2.75, 3.05) is 0 Å². The van der Waals surface area contributed by atoms with Crippen LogP contribution in [0.25, 0.3) is 118 Å². The first-order chi connectivity index (χ1) is 30.4. The lowest BCUT2D eigenvalue weighted by atomic mass is 9.86. The number of para-hydroxylation sites is 2. The number of hydrogen-bond donors (Lipinski definition) is 0. The van der Waals surface area contributed by atoms with E-state index < -0.39 is 0 Å². The molecule has 62 heavy (non-hydrogen) atoms. The molecule has 0 saturated carbocycles. The van der Waals surface area contributed by atoms with Crippen molar-refractivity contribution in [1.29, 1.82) is 0 Å². The van der Waals surface area contributed by atoms with Gasteiger partial charge >= 0.3 is 0 Å². The molecule has 0 saturated heterocycles. The van der Waals surface area contributed by atoms with Gasteiger partial charge in [-0.25, -0.2) is 8.78 Å². The van der Waals surface area contributed by atoms with Crippen molar-refractivity contribution in [3.8, 4) is 33.6 Å². The average molecular weight is 837 g/mol. The van der Waals surface area contributed by atoms with Gasteiger partial charge in [0.25, 0.3) is 0 Å². The second-order valence-electron chi connectivity index (χ2n) is 16.3. The van der Waals surface area contributed by atoms with Gasteiger partial charge in [-0.3, -0.25) is 0 Å². The molecule has 13 rings (SSSR count). The van der Waals surface area contributed by atoms with Crippen LogP contribution < -0.4 is 0 Å². The summed E-state index contributed by atoms with van der Waals surface area (Å²) >= 11 is 3.63. The number of rotatable bonds is 4. The van der Waals surface area contributed by atoms with Gasteiger partial charge in [-0.15, -0.1) is 22.7 Å². The predicted octanol–water partition coefficient (Wildman–Crippen LogP) is 16.8. The van der Waals surface area contributed by atoms with Crippen LogP contribution in [0.5, 0.6) is 0 Å². The van der Waals surface area contributed by atoms with E-state index in [1.54, 1.807) is 24.3 Å². The van der Waals surface area contributed by atoms with Crippen molar-refractivity contribution in [2.24, 2.45) is 0 Å². The Hall–Kier alpha value is -7.12. The molecule has 0 bridgehead atoms. The molecule has 9 aromatic carbocycles. The molecular formula is C56H34F2N2S2. The highest BCUT2D eigenvalue weighted by Crippen LogP contribution is 2.51. The van der Waals surface area contributed by atoms with E-state index in [0.717, 1.165) is 77.6 Å². The number of halogens is 2. The second kappa shape index (κ2) is 13.2. The van der Waals surface area contributed by atoms with Gasteiger partial charge in [-0.1, -0.05) is 97.1 Å². The molecule has 4 aromatic heterocycles. The largest absolute Gasteiger partial charge is 0.309 e. The van der Waals surface area contributed by atoms with E-state index in [4.69, 9.17) is 0 Å². The third-order valence-electron chi connectivity index (χ3n) is 13.0. The maximum Gasteiger partial charge on any atom is 0.123 e. The fourth-order valence-electron chi connectivity index (χ4n) is 10.6. The van der Waals surface area contributed by atoms with Gasteiger partial charge in [0.2, 0.25) is 0 Å². The van der Waals surface area contributed by atoms with Crippen molar-refractivity contribution in [3.63, 3.8) is 0 Å². The maximum atomic E-state index is 15.8. The summed E-state index contributed by atoms with van der Waals surface area (Å²) in [5.41, 5.74) is 11.3. The molecular weight excluding hydrogens is 803 g/mol. The van der Waals surface area contributed by atoms with E-state index in [1.807, 2.05) is 34.8 Å². The van der Waals surface area contributed by atoms with E-state index >= 15 is 8.78 Å². The Labute approximate surface area is 362 Å². The van der Waals surface area contributed by atoms with E-state index in [-0.39, 0.29) is 11.6 Å². The monoisotopic (exact) mass is 836 g/mol. The van der Waals surface area contributed by atoms with Crippen molar-refractivity contribution < 1.29 is 8.78 Å². The van der Waals surface area contributed by atoms with Crippen LogP contribution in [0.2, 0.25) is 0 Å². The van der Waals surface area contributed by atoms with E-state index in [9.17, 15) is 0 Å². The van der Waals surface area contributed by atoms with E-state index in [1.165, 1.54) is 63.2 Å². The first-order valence-electron chi connectivity index (χ1n) is 20.8. The van der Waals surface area contributed by atoms with Crippen LogP contribution in [-0.2, 0) is 0 Å². The van der Waals surface area contributed by atoms with Crippen LogP contribution in [0, 0.1) is 25.5 Å². The Bertz CT molecular complexity index is 3980. The Morgan fingerprint density at radius 1 is 0.355 bits per heavy atom.